The van der Waals surface area contributed by atoms with Gasteiger partial charge in [-0.15, -0.1) is 10.2 Å². The zero-order valence-corrected chi connectivity index (χ0v) is 23.6. The first-order valence-corrected chi connectivity index (χ1v) is 14.1. The van der Waals surface area contributed by atoms with Gasteiger partial charge >= 0.3 is 11.9 Å². The standard InChI is InChI=1S/C30H35F3N6O2/c1-20-6-5-11-37(15-20)16-21-12-25(30(31,32)33)26-18-38(28(40)39(26)17-21)23-8-4-7-22(13-23)24(14-29(41-3)9-10-29)27-35-34-19-36(27)2/h4,7-8,12-13,17-20,24H,5-6,9-11,14-16H2,1-3H3/t20-,24-/m0/s1. The summed E-state index contributed by atoms with van der Waals surface area (Å²) in [5.74, 6) is 1.09. The number of fused-ring (bicyclic) bond motifs is 1. The van der Waals surface area contributed by atoms with Gasteiger partial charge in [-0.1, -0.05) is 19.1 Å². The first-order valence-electron chi connectivity index (χ1n) is 14.1. The second-order valence-corrected chi connectivity index (χ2v) is 11.8. The Morgan fingerprint density at radius 1 is 1.20 bits per heavy atom. The zero-order chi connectivity index (χ0) is 28.9. The molecule has 0 N–H and O–H groups in total. The highest BCUT2D eigenvalue weighted by atomic mass is 19.4. The van der Waals surface area contributed by atoms with Crippen LogP contribution in [0.25, 0.3) is 11.2 Å². The van der Waals surface area contributed by atoms with Crippen molar-refractivity contribution in [2.45, 2.75) is 63.3 Å². The van der Waals surface area contributed by atoms with Crippen LogP contribution in [0.3, 0.4) is 0 Å². The Morgan fingerprint density at radius 2 is 2.00 bits per heavy atom. The lowest BCUT2D eigenvalue weighted by molar-refractivity contribution is -0.136. The number of imidazole rings is 1. The highest BCUT2D eigenvalue weighted by Crippen LogP contribution is 2.47. The molecule has 1 aliphatic carbocycles. The maximum absolute atomic E-state index is 14.3. The number of methoxy groups -OCH3 is 1. The van der Waals surface area contributed by atoms with E-state index >= 15 is 0 Å². The summed E-state index contributed by atoms with van der Waals surface area (Å²) in [6, 6.07) is 8.57. The number of nitrogens with zero attached hydrogens (tertiary/aromatic N) is 6. The quantitative estimate of drug-likeness (QED) is 0.293. The van der Waals surface area contributed by atoms with Crippen LogP contribution in [-0.2, 0) is 24.5 Å². The molecule has 2 fully saturated rings. The number of benzene rings is 1. The molecule has 1 aromatic carbocycles. The third-order valence-corrected chi connectivity index (χ3v) is 8.70. The second-order valence-electron chi connectivity index (χ2n) is 11.8. The van der Waals surface area contributed by atoms with Gasteiger partial charge in [-0.25, -0.2) is 4.79 Å². The monoisotopic (exact) mass is 568 g/mol. The van der Waals surface area contributed by atoms with E-state index in [1.807, 2.05) is 29.8 Å². The van der Waals surface area contributed by atoms with Gasteiger partial charge in [0.1, 0.15) is 12.2 Å². The van der Waals surface area contributed by atoms with Crippen LogP contribution in [-0.4, -0.2) is 54.4 Å². The Labute approximate surface area is 236 Å². The van der Waals surface area contributed by atoms with Crippen LogP contribution in [0, 0.1) is 5.92 Å². The summed E-state index contributed by atoms with van der Waals surface area (Å²) in [6.07, 6.45) is 4.61. The maximum Gasteiger partial charge on any atom is 0.418 e. The lowest BCUT2D eigenvalue weighted by atomic mass is 9.90. The minimum Gasteiger partial charge on any atom is -0.378 e. The van der Waals surface area contributed by atoms with E-state index in [1.165, 1.54) is 16.8 Å². The second kappa shape index (κ2) is 10.4. The van der Waals surface area contributed by atoms with E-state index in [4.69, 9.17) is 4.74 Å². The summed E-state index contributed by atoms with van der Waals surface area (Å²) in [4.78, 5) is 15.8. The molecule has 3 aromatic heterocycles. The molecule has 1 saturated heterocycles. The Balaban J connectivity index is 1.41. The molecule has 8 nitrogen and oxygen atoms in total. The average Bonchev–Trinajstić information content (AvgIpc) is 3.47. The van der Waals surface area contributed by atoms with Gasteiger partial charge in [-0.2, -0.15) is 13.2 Å². The van der Waals surface area contributed by atoms with Crippen molar-refractivity contribution in [2.75, 3.05) is 20.2 Å². The summed E-state index contributed by atoms with van der Waals surface area (Å²) < 4.78 is 52.9. The van der Waals surface area contributed by atoms with Gasteiger partial charge in [0.05, 0.1) is 22.4 Å². The molecule has 0 amide bonds. The van der Waals surface area contributed by atoms with Gasteiger partial charge in [0.15, 0.2) is 0 Å². The first-order chi connectivity index (χ1) is 19.6. The van der Waals surface area contributed by atoms with E-state index in [1.54, 1.807) is 25.7 Å². The largest absolute Gasteiger partial charge is 0.418 e. The molecule has 1 aliphatic heterocycles. The molecule has 2 aliphatic rings. The van der Waals surface area contributed by atoms with Gasteiger partial charge in [0.25, 0.3) is 0 Å². The molecule has 0 unspecified atom stereocenters. The lowest BCUT2D eigenvalue weighted by Gasteiger charge is -2.31. The Kier molecular flexibility index (Phi) is 7.05. The predicted octanol–water partition coefficient (Wildman–Crippen LogP) is 5.17. The van der Waals surface area contributed by atoms with Gasteiger partial charge in [-0.05, 0) is 73.9 Å². The van der Waals surface area contributed by atoms with Crippen LogP contribution < -0.4 is 5.69 Å². The molecule has 41 heavy (non-hydrogen) atoms. The van der Waals surface area contributed by atoms with Crippen molar-refractivity contribution in [2.24, 2.45) is 13.0 Å². The SMILES string of the molecule is COC1(C[C@@H](c2cccc(-n3cc4c(C(F)(F)F)cc(CN5CCC[C@H](C)C5)cn4c3=O)c2)c2nncn2C)CC1. The third kappa shape index (κ3) is 5.44. The number of hydrogen-bond donors (Lipinski definition) is 0. The van der Waals surface area contributed by atoms with E-state index in [0.29, 0.717) is 30.1 Å². The number of ether oxygens (including phenoxy) is 1. The van der Waals surface area contributed by atoms with E-state index < -0.39 is 17.4 Å². The average molecular weight is 569 g/mol. The number of alkyl halides is 3. The fourth-order valence-corrected chi connectivity index (χ4v) is 6.29. The van der Waals surface area contributed by atoms with Crippen LogP contribution in [0.2, 0.25) is 0 Å². The van der Waals surface area contributed by atoms with Crippen molar-refractivity contribution in [3.05, 3.63) is 82.1 Å². The minimum atomic E-state index is -4.61. The summed E-state index contributed by atoms with van der Waals surface area (Å²) in [5.41, 5.74) is 0.111. The summed E-state index contributed by atoms with van der Waals surface area (Å²) in [7, 11) is 3.59. The Morgan fingerprint density at radius 3 is 2.66 bits per heavy atom. The van der Waals surface area contributed by atoms with Gasteiger partial charge < -0.3 is 9.30 Å². The Hall–Kier alpha value is -3.44. The smallest absolute Gasteiger partial charge is 0.378 e. The van der Waals surface area contributed by atoms with Crippen LogP contribution >= 0.6 is 0 Å². The predicted molar refractivity (Wildman–Crippen MR) is 148 cm³/mol. The molecule has 4 heterocycles. The van der Waals surface area contributed by atoms with E-state index in [0.717, 1.165) is 54.6 Å². The molecule has 218 valence electrons. The number of halogens is 3. The zero-order valence-electron chi connectivity index (χ0n) is 23.6. The normalized spacial score (nSPS) is 20.0. The molecule has 6 rings (SSSR count). The number of aryl methyl sites for hydroxylation is 1. The Bertz CT molecular complexity index is 1620. The van der Waals surface area contributed by atoms with Gasteiger partial charge in [0.2, 0.25) is 0 Å². The summed E-state index contributed by atoms with van der Waals surface area (Å²) >= 11 is 0. The van der Waals surface area contributed by atoms with E-state index in [-0.39, 0.29) is 17.0 Å². The van der Waals surface area contributed by atoms with Crippen LogP contribution in [0.15, 0.2) is 53.8 Å². The molecule has 0 spiro atoms. The minimum absolute atomic E-state index is 0.162. The maximum atomic E-state index is 14.3. The van der Waals surface area contributed by atoms with Crippen molar-refractivity contribution in [1.29, 1.82) is 0 Å². The molecule has 11 heteroatoms. The van der Waals surface area contributed by atoms with Crippen molar-refractivity contribution in [3.8, 4) is 5.69 Å². The van der Waals surface area contributed by atoms with Crippen LogP contribution in [0.5, 0.6) is 0 Å². The number of aromatic nitrogens is 5. The fourth-order valence-electron chi connectivity index (χ4n) is 6.29. The van der Waals surface area contributed by atoms with Crippen molar-refractivity contribution in [3.63, 3.8) is 0 Å². The van der Waals surface area contributed by atoms with Crippen LogP contribution in [0.1, 0.15) is 67.5 Å². The summed E-state index contributed by atoms with van der Waals surface area (Å²) in [6.45, 7) is 4.20. The van der Waals surface area contributed by atoms with Crippen LogP contribution in [0.4, 0.5) is 13.2 Å². The molecule has 1 saturated carbocycles. The number of likely N-dealkylation sites (tertiary alicyclic amines) is 1. The van der Waals surface area contributed by atoms with Crippen molar-refractivity contribution >= 4 is 5.52 Å². The van der Waals surface area contributed by atoms with Gasteiger partial charge in [-0.3, -0.25) is 13.9 Å². The number of pyridine rings is 1. The highest BCUT2D eigenvalue weighted by Gasteiger charge is 2.46. The molecular weight excluding hydrogens is 533 g/mol. The van der Waals surface area contributed by atoms with E-state index in [9.17, 15) is 18.0 Å². The number of rotatable bonds is 8. The fraction of sp³-hybridized carbons (Fsp3) is 0.500. The third-order valence-electron chi connectivity index (χ3n) is 8.70. The molecular formula is C30H35F3N6O2. The first kappa shape index (κ1) is 27.7. The molecule has 2 atom stereocenters. The topological polar surface area (TPSA) is 69.6 Å². The molecule has 0 radical (unpaired) electrons. The van der Waals surface area contributed by atoms with Gasteiger partial charge in [0, 0.05) is 45.6 Å². The highest BCUT2D eigenvalue weighted by molar-refractivity contribution is 5.58. The molecule has 0 bridgehead atoms. The lowest BCUT2D eigenvalue weighted by Crippen LogP contribution is -2.34. The summed E-state index contributed by atoms with van der Waals surface area (Å²) in [5, 5.41) is 8.41. The molecule has 4 aromatic rings. The number of piperidine rings is 1. The number of hydrogen-bond acceptors (Lipinski definition) is 5. The van der Waals surface area contributed by atoms with Crippen molar-refractivity contribution < 1.29 is 17.9 Å². The van der Waals surface area contributed by atoms with E-state index in [2.05, 4.69) is 22.0 Å². The van der Waals surface area contributed by atoms with Crippen molar-refractivity contribution in [1.82, 2.24) is 28.6 Å².